The van der Waals surface area contributed by atoms with Crippen molar-refractivity contribution in [1.29, 1.82) is 0 Å². The van der Waals surface area contributed by atoms with Crippen molar-refractivity contribution in [2.45, 2.75) is 53.0 Å². The van der Waals surface area contributed by atoms with Gasteiger partial charge in [0.1, 0.15) is 0 Å². The molecule has 0 saturated heterocycles. The molecule has 0 aromatic heterocycles. The van der Waals surface area contributed by atoms with E-state index in [0.29, 0.717) is 12.0 Å². The minimum Gasteiger partial charge on any atom is -0.316 e. The first-order chi connectivity index (χ1) is 7.74. The van der Waals surface area contributed by atoms with Crippen LogP contribution in [-0.4, -0.2) is 5.21 Å². The summed E-state index contributed by atoms with van der Waals surface area (Å²) in [6.07, 6.45) is 1.15. The summed E-state index contributed by atoms with van der Waals surface area (Å²) in [4.78, 5) is 0. The lowest BCUT2D eigenvalue weighted by atomic mass is 9.72. The van der Waals surface area contributed by atoms with Gasteiger partial charge in [-0.05, 0) is 28.4 Å². The molecule has 0 aliphatic rings. The molecule has 1 aromatic rings. The van der Waals surface area contributed by atoms with Crippen LogP contribution in [0, 0.1) is 5.41 Å². The van der Waals surface area contributed by atoms with Crippen LogP contribution in [0.2, 0.25) is 0 Å². The van der Waals surface area contributed by atoms with Gasteiger partial charge in [-0.2, -0.15) is 0 Å². The molecule has 0 radical (unpaired) electrons. The van der Waals surface area contributed by atoms with Crippen molar-refractivity contribution in [2.24, 2.45) is 5.41 Å². The predicted molar refractivity (Wildman–Crippen MR) is 72.2 cm³/mol. The third-order valence-electron chi connectivity index (χ3n) is 2.99. The molecule has 0 amide bonds. The summed E-state index contributed by atoms with van der Waals surface area (Å²) in [6, 6.07) is 8.47. The number of hydrogen-bond acceptors (Lipinski definition) is 2. The maximum atomic E-state index is 8.65. The van der Waals surface area contributed by atoms with Crippen LogP contribution in [0.4, 0.5) is 0 Å². The average Bonchev–Trinajstić information content (AvgIpc) is 2.15. The van der Waals surface area contributed by atoms with Crippen LogP contribution in [0.15, 0.2) is 24.3 Å². The molecule has 96 valence electrons. The number of hydrogen-bond donors (Lipinski definition) is 2. The largest absolute Gasteiger partial charge is 0.316 e. The zero-order valence-electron chi connectivity index (χ0n) is 11.7. The van der Waals surface area contributed by atoms with Crippen molar-refractivity contribution in [3.63, 3.8) is 0 Å². The summed E-state index contributed by atoms with van der Waals surface area (Å²) in [7, 11) is 0. The van der Waals surface area contributed by atoms with Crippen molar-refractivity contribution in [2.75, 3.05) is 0 Å². The normalized spacial score (nSPS) is 12.8. The van der Waals surface area contributed by atoms with Crippen LogP contribution in [0.3, 0.4) is 0 Å². The van der Waals surface area contributed by atoms with Gasteiger partial charge in [-0.25, -0.2) is 5.48 Å². The zero-order chi connectivity index (χ0) is 13.1. The molecule has 17 heavy (non-hydrogen) atoms. The average molecular weight is 235 g/mol. The maximum Gasteiger partial charge on any atom is 0.0458 e. The first-order valence-electron chi connectivity index (χ1n) is 6.21. The second kappa shape index (κ2) is 5.19. The van der Waals surface area contributed by atoms with Gasteiger partial charge in [0.15, 0.2) is 0 Å². The second-order valence-corrected chi connectivity index (χ2v) is 6.65. The molecule has 0 saturated carbocycles. The molecular formula is C15H25NO. The fourth-order valence-electron chi connectivity index (χ4n) is 2.59. The van der Waals surface area contributed by atoms with Crippen LogP contribution >= 0.6 is 0 Å². The van der Waals surface area contributed by atoms with Crippen LogP contribution < -0.4 is 5.48 Å². The zero-order valence-corrected chi connectivity index (χ0v) is 11.7. The van der Waals surface area contributed by atoms with E-state index in [9.17, 15) is 0 Å². The molecule has 0 spiro atoms. The summed E-state index contributed by atoms with van der Waals surface area (Å²) in [5.74, 6) is 0. The van der Waals surface area contributed by atoms with E-state index in [1.54, 1.807) is 0 Å². The maximum absolute atomic E-state index is 8.65. The van der Waals surface area contributed by atoms with Crippen molar-refractivity contribution in [1.82, 2.24) is 5.48 Å². The molecule has 0 aliphatic heterocycles. The standard InChI is InChI=1S/C15H25NO/c1-14(2,3)11-15(4,5)13-8-6-12(7-9-13)10-16-17/h6-9,16-17H,10-11H2,1-5H3. The molecule has 2 heteroatoms. The molecule has 1 aromatic carbocycles. The third-order valence-corrected chi connectivity index (χ3v) is 2.99. The Morgan fingerprint density at radius 1 is 1.00 bits per heavy atom. The highest BCUT2D eigenvalue weighted by Crippen LogP contribution is 2.36. The van der Waals surface area contributed by atoms with E-state index in [1.165, 1.54) is 5.56 Å². The topological polar surface area (TPSA) is 32.3 Å². The van der Waals surface area contributed by atoms with E-state index < -0.39 is 0 Å². The summed E-state index contributed by atoms with van der Waals surface area (Å²) in [5.41, 5.74) is 5.15. The summed E-state index contributed by atoms with van der Waals surface area (Å²) in [5, 5.41) is 8.65. The Kier molecular flexibility index (Phi) is 4.34. The van der Waals surface area contributed by atoms with Gasteiger partial charge in [-0.1, -0.05) is 58.9 Å². The molecule has 0 unspecified atom stereocenters. The van der Waals surface area contributed by atoms with Gasteiger partial charge in [0, 0.05) is 6.54 Å². The Balaban J connectivity index is 2.84. The Labute approximate surface area is 105 Å². The Hall–Kier alpha value is -0.860. The summed E-state index contributed by atoms with van der Waals surface area (Å²) < 4.78 is 0. The molecule has 0 fully saturated rings. The van der Waals surface area contributed by atoms with Gasteiger partial charge >= 0.3 is 0 Å². The van der Waals surface area contributed by atoms with Crippen molar-refractivity contribution in [3.05, 3.63) is 35.4 Å². The summed E-state index contributed by atoms with van der Waals surface area (Å²) >= 11 is 0. The smallest absolute Gasteiger partial charge is 0.0458 e. The van der Waals surface area contributed by atoms with E-state index in [-0.39, 0.29) is 5.41 Å². The highest BCUT2D eigenvalue weighted by molar-refractivity contribution is 5.28. The molecule has 2 N–H and O–H groups in total. The van der Waals surface area contributed by atoms with E-state index in [0.717, 1.165) is 12.0 Å². The monoisotopic (exact) mass is 235 g/mol. The lowest BCUT2D eigenvalue weighted by Crippen LogP contribution is -2.24. The van der Waals surface area contributed by atoms with Gasteiger partial charge in [0.2, 0.25) is 0 Å². The lowest BCUT2D eigenvalue weighted by molar-refractivity contribution is 0.161. The number of rotatable bonds is 4. The number of nitrogens with one attached hydrogen (secondary N) is 1. The third kappa shape index (κ3) is 4.49. The van der Waals surface area contributed by atoms with Crippen molar-refractivity contribution >= 4 is 0 Å². The SMILES string of the molecule is CC(C)(C)CC(C)(C)c1ccc(CNO)cc1. The molecular weight excluding hydrogens is 210 g/mol. The van der Waals surface area contributed by atoms with Gasteiger partial charge < -0.3 is 5.21 Å². The van der Waals surface area contributed by atoms with Crippen LogP contribution in [0.25, 0.3) is 0 Å². The molecule has 0 atom stereocenters. The minimum absolute atomic E-state index is 0.184. The van der Waals surface area contributed by atoms with Crippen LogP contribution in [0.5, 0.6) is 0 Å². The predicted octanol–water partition coefficient (Wildman–Crippen LogP) is 3.88. The highest BCUT2D eigenvalue weighted by Gasteiger charge is 2.26. The van der Waals surface area contributed by atoms with Crippen LogP contribution in [-0.2, 0) is 12.0 Å². The first-order valence-corrected chi connectivity index (χ1v) is 6.21. The van der Waals surface area contributed by atoms with Gasteiger partial charge in [0.25, 0.3) is 0 Å². The van der Waals surface area contributed by atoms with Gasteiger partial charge in [-0.15, -0.1) is 0 Å². The quantitative estimate of drug-likeness (QED) is 0.776. The van der Waals surface area contributed by atoms with Crippen LogP contribution in [0.1, 0.15) is 52.2 Å². The second-order valence-electron chi connectivity index (χ2n) is 6.65. The Morgan fingerprint density at radius 3 is 1.94 bits per heavy atom. The first kappa shape index (κ1) is 14.2. The van der Waals surface area contributed by atoms with Gasteiger partial charge in [-0.3, -0.25) is 0 Å². The van der Waals surface area contributed by atoms with Gasteiger partial charge in [0.05, 0.1) is 0 Å². The molecule has 1 rings (SSSR count). The van der Waals surface area contributed by atoms with Crippen molar-refractivity contribution < 1.29 is 5.21 Å². The fraction of sp³-hybridized carbons (Fsp3) is 0.600. The molecule has 0 aliphatic carbocycles. The Bertz CT molecular complexity index is 346. The van der Waals surface area contributed by atoms with E-state index in [4.69, 9.17) is 5.21 Å². The molecule has 0 heterocycles. The fourth-order valence-corrected chi connectivity index (χ4v) is 2.59. The van der Waals surface area contributed by atoms with Crippen molar-refractivity contribution in [3.8, 4) is 0 Å². The minimum atomic E-state index is 0.184. The number of benzene rings is 1. The van der Waals surface area contributed by atoms with E-state index in [2.05, 4.69) is 64.4 Å². The number of hydroxylamine groups is 1. The Morgan fingerprint density at radius 2 is 1.53 bits per heavy atom. The molecule has 2 nitrogen and oxygen atoms in total. The lowest BCUT2D eigenvalue weighted by Gasteiger charge is -2.33. The summed E-state index contributed by atoms with van der Waals surface area (Å²) in [6.45, 7) is 11.9. The highest BCUT2D eigenvalue weighted by atomic mass is 16.5. The van der Waals surface area contributed by atoms with E-state index >= 15 is 0 Å². The van der Waals surface area contributed by atoms with E-state index in [1.807, 2.05) is 0 Å². The molecule has 0 bridgehead atoms.